The number of hydrogen-bond donors (Lipinski definition) is 2. The molecule has 2 fully saturated rings. The number of para-hydroxylation sites is 1. The number of fused-ring (bicyclic) bond motifs is 1. The van der Waals surface area contributed by atoms with Crippen LogP contribution in [0.3, 0.4) is 0 Å². The van der Waals surface area contributed by atoms with Gasteiger partial charge in [0.05, 0.1) is 6.54 Å². The van der Waals surface area contributed by atoms with Gasteiger partial charge in [-0.3, -0.25) is 4.79 Å². The van der Waals surface area contributed by atoms with Crippen LogP contribution in [-0.4, -0.2) is 29.6 Å². The minimum Gasteiger partial charge on any atom is -0.349 e. The van der Waals surface area contributed by atoms with Crippen LogP contribution in [0.15, 0.2) is 54.6 Å². The second-order valence-electron chi connectivity index (χ2n) is 8.26. The van der Waals surface area contributed by atoms with Gasteiger partial charge in [-0.25, -0.2) is 4.39 Å². The zero-order valence-electron chi connectivity index (χ0n) is 15.7. The molecule has 1 aromatic heterocycles. The molecule has 1 saturated carbocycles. The van der Waals surface area contributed by atoms with E-state index in [1.54, 1.807) is 12.1 Å². The number of rotatable bonds is 5. The lowest BCUT2D eigenvalue weighted by Gasteiger charge is -2.14. The molecule has 2 aromatic carbocycles. The first kappa shape index (κ1) is 17.4. The molecule has 1 unspecified atom stereocenters. The number of aromatic nitrogens is 1. The van der Waals surface area contributed by atoms with Crippen LogP contribution in [0.2, 0.25) is 0 Å². The molecule has 1 saturated heterocycles. The zero-order valence-corrected chi connectivity index (χ0v) is 15.7. The van der Waals surface area contributed by atoms with Gasteiger partial charge in [0.1, 0.15) is 11.5 Å². The van der Waals surface area contributed by atoms with Gasteiger partial charge in [0.15, 0.2) is 0 Å². The predicted octanol–water partition coefficient (Wildman–Crippen LogP) is 3.70. The smallest absolute Gasteiger partial charge is 0.268 e. The van der Waals surface area contributed by atoms with Gasteiger partial charge < -0.3 is 15.2 Å². The number of benzene rings is 2. The number of carbonyl (C=O) groups is 1. The molecule has 1 aliphatic carbocycles. The predicted molar refractivity (Wildman–Crippen MR) is 108 cm³/mol. The Morgan fingerprint density at radius 3 is 2.75 bits per heavy atom. The summed E-state index contributed by atoms with van der Waals surface area (Å²) in [5, 5.41) is 7.61. The second-order valence-corrected chi connectivity index (χ2v) is 8.26. The minimum atomic E-state index is -0.253. The van der Waals surface area contributed by atoms with Crippen molar-refractivity contribution in [3.63, 3.8) is 0 Å². The maximum absolute atomic E-state index is 14.2. The molecule has 28 heavy (non-hydrogen) atoms. The largest absolute Gasteiger partial charge is 0.349 e. The summed E-state index contributed by atoms with van der Waals surface area (Å²) in [7, 11) is 0. The highest BCUT2D eigenvalue weighted by Crippen LogP contribution is 2.51. The van der Waals surface area contributed by atoms with Crippen LogP contribution >= 0.6 is 0 Å². The lowest BCUT2D eigenvalue weighted by molar-refractivity contribution is 0.0941. The van der Waals surface area contributed by atoms with E-state index in [1.807, 2.05) is 41.0 Å². The van der Waals surface area contributed by atoms with Crippen molar-refractivity contribution < 1.29 is 9.18 Å². The number of carbonyl (C=O) groups excluding carboxylic acids is 1. The van der Waals surface area contributed by atoms with Crippen molar-refractivity contribution in [3.8, 4) is 0 Å². The molecule has 0 bridgehead atoms. The number of nitrogens with one attached hydrogen (secondary N) is 2. The summed E-state index contributed by atoms with van der Waals surface area (Å²) in [6, 6.07) is 16.8. The standard InChI is InChI=1S/C23H24FN3O/c24-19-7-3-1-6-17(19)14-27-20-8-4-2-5-16(20)11-21(27)22(28)25-13-18-12-23(9-10-23)15-26-18/h1-8,11,18,26H,9-10,12-15H2,(H,25,28). The number of nitrogens with zero attached hydrogens (tertiary/aromatic N) is 1. The van der Waals surface area contributed by atoms with Crippen molar-refractivity contribution in [1.82, 2.24) is 15.2 Å². The molecule has 1 aliphatic heterocycles. The van der Waals surface area contributed by atoms with E-state index in [2.05, 4.69) is 10.6 Å². The highest BCUT2D eigenvalue weighted by atomic mass is 19.1. The molecule has 2 aliphatic rings. The van der Waals surface area contributed by atoms with Gasteiger partial charge in [0.2, 0.25) is 0 Å². The first-order valence-electron chi connectivity index (χ1n) is 9.97. The molecule has 1 spiro atoms. The normalized spacial score (nSPS) is 20.0. The Hall–Kier alpha value is -2.66. The summed E-state index contributed by atoms with van der Waals surface area (Å²) >= 11 is 0. The van der Waals surface area contributed by atoms with Crippen LogP contribution in [0.5, 0.6) is 0 Å². The molecule has 4 nitrogen and oxygen atoms in total. The number of hydrogen-bond acceptors (Lipinski definition) is 2. The first-order chi connectivity index (χ1) is 13.6. The highest BCUT2D eigenvalue weighted by Gasteiger charge is 2.48. The van der Waals surface area contributed by atoms with Crippen LogP contribution < -0.4 is 10.6 Å². The number of halogens is 1. The van der Waals surface area contributed by atoms with Gasteiger partial charge in [-0.2, -0.15) is 0 Å². The average molecular weight is 377 g/mol. The molecule has 5 rings (SSSR count). The van der Waals surface area contributed by atoms with E-state index in [-0.39, 0.29) is 11.7 Å². The first-order valence-corrected chi connectivity index (χ1v) is 9.97. The SMILES string of the molecule is O=C(NCC1CC2(CC2)CN1)c1cc2ccccc2n1Cc1ccccc1F. The van der Waals surface area contributed by atoms with E-state index in [9.17, 15) is 9.18 Å². The Bertz CT molecular complexity index is 1040. The van der Waals surface area contributed by atoms with Gasteiger partial charge in [-0.15, -0.1) is 0 Å². The van der Waals surface area contributed by atoms with Crippen LogP contribution in [-0.2, 0) is 6.54 Å². The third kappa shape index (κ3) is 3.20. The Morgan fingerprint density at radius 1 is 1.18 bits per heavy atom. The highest BCUT2D eigenvalue weighted by molar-refractivity contribution is 5.98. The van der Waals surface area contributed by atoms with Gasteiger partial charge in [0.25, 0.3) is 5.91 Å². The third-order valence-corrected chi connectivity index (χ3v) is 6.24. The summed E-state index contributed by atoms with van der Waals surface area (Å²) in [5.41, 5.74) is 2.59. The summed E-state index contributed by atoms with van der Waals surface area (Å²) in [6.45, 7) is 2.02. The Balaban J connectivity index is 1.40. The van der Waals surface area contributed by atoms with Crippen molar-refractivity contribution in [1.29, 1.82) is 0 Å². The lowest BCUT2D eigenvalue weighted by Crippen LogP contribution is -2.37. The average Bonchev–Trinajstić information content (AvgIpc) is 3.19. The molecule has 5 heteroatoms. The molecule has 3 aromatic rings. The van der Waals surface area contributed by atoms with Crippen molar-refractivity contribution in [3.05, 3.63) is 71.7 Å². The van der Waals surface area contributed by atoms with Crippen LogP contribution in [0, 0.1) is 11.2 Å². The fourth-order valence-electron chi connectivity index (χ4n) is 4.40. The van der Waals surface area contributed by atoms with Crippen molar-refractivity contribution in [2.45, 2.75) is 31.8 Å². The summed E-state index contributed by atoms with van der Waals surface area (Å²) in [5.74, 6) is -0.359. The fraction of sp³-hybridized carbons (Fsp3) is 0.348. The lowest BCUT2D eigenvalue weighted by atomic mass is 10.0. The Kier molecular flexibility index (Phi) is 4.20. The van der Waals surface area contributed by atoms with Crippen molar-refractivity contribution >= 4 is 16.8 Å². The minimum absolute atomic E-state index is 0.105. The Morgan fingerprint density at radius 2 is 1.96 bits per heavy atom. The van der Waals surface area contributed by atoms with Crippen LogP contribution in [0.1, 0.15) is 35.3 Å². The van der Waals surface area contributed by atoms with Gasteiger partial charge in [-0.1, -0.05) is 36.4 Å². The summed E-state index contributed by atoms with van der Waals surface area (Å²) in [6.07, 6.45) is 3.76. The monoisotopic (exact) mass is 377 g/mol. The maximum Gasteiger partial charge on any atom is 0.268 e. The quantitative estimate of drug-likeness (QED) is 0.712. The summed E-state index contributed by atoms with van der Waals surface area (Å²) in [4.78, 5) is 13.0. The molecular formula is C23H24FN3O. The molecule has 1 atom stereocenters. The molecule has 0 radical (unpaired) electrons. The van der Waals surface area contributed by atoms with E-state index >= 15 is 0 Å². The van der Waals surface area contributed by atoms with E-state index < -0.39 is 0 Å². The van der Waals surface area contributed by atoms with Crippen molar-refractivity contribution in [2.75, 3.05) is 13.1 Å². The topological polar surface area (TPSA) is 46.1 Å². The summed E-state index contributed by atoms with van der Waals surface area (Å²) < 4.78 is 16.1. The van der Waals surface area contributed by atoms with Gasteiger partial charge >= 0.3 is 0 Å². The molecule has 144 valence electrons. The maximum atomic E-state index is 14.2. The van der Waals surface area contributed by atoms with E-state index in [1.165, 1.54) is 18.9 Å². The van der Waals surface area contributed by atoms with Gasteiger partial charge in [0, 0.05) is 35.6 Å². The van der Waals surface area contributed by atoms with Crippen LogP contribution in [0.25, 0.3) is 10.9 Å². The van der Waals surface area contributed by atoms with Gasteiger partial charge in [-0.05, 0) is 42.9 Å². The van der Waals surface area contributed by atoms with E-state index in [4.69, 9.17) is 0 Å². The molecule has 2 N–H and O–H groups in total. The fourth-order valence-corrected chi connectivity index (χ4v) is 4.40. The molecule has 2 heterocycles. The van der Waals surface area contributed by atoms with Crippen molar-refractivity contribution in [2.24, 2.45) is 5.41 Å². The van der Waals surface area contributed by atoms with E-state index in [0.717, 1.165) is 23.9 Å². The third-order valence-electron chi connectivity index (χ3n) is 6.24. The van der Waals surface area contributed by atoms with E-state index in [0.29, 0.717) is 35.8 Å². The molecule has 1 amide bonds. The molecular weight excluding hydrogens is 353 g/mol. The second kappa shape index (κ2) is 6.74. The van der Waals surface area contributed by atoms with Crippen LogP contribution in [0.4, 0.5) is 4.39 Å². The Labute approximate surface area is 163 Å². The zero-order chi connectivity index (χ0) is 19.1. The number of amides is 1.